The molecule has 0 amide bonds. The number of aromatic nitrogens is 2. The minimum atomic E-state index is 0.492. The Hall–Kier alpha value is -1.31. The Balaban J connectivity index is 2.78. The van der Waals surface area contributed by atoms with E-state index in [4.69, 9.17) is 0 Å². The quantitative estimate of drug-likeness (QED) is 0.649. The van der Waals surface area contributed by atoms with E-state index in [-0.39, 0.29) is 0 Å². The number of imidazole rings is 1. The molecule has 0 aliphatic carbocycles. The van der Waals surface area contributed by atoms with Crippen molar-refractivity contribution < 1.29 is 0 Å². The van der Waals surface area contributed by atoms with Crippen LogP contribution in [0.2, 0.25) is 0 Å². The van der Waals surface area contributed by atoms with Crippen molar-refractivity contribution in [2.45, 2.75) is 26.7 Å². The summed E-state index contributed by atoms with van der Waals surface area (Å²) < 4.78 is 2.13. The van der Waals surface area contributed by atoms with Gasteiger partial charge in [0.15, 0.2) is 0 Å². The van der Waals surface area contributed by atoms with Crippen molar-refractivity contribution >= 4 is 5.52 Å². The van der Waals surface area contributed by atoms with Crippen molar-refractivity contribution in [3.8, 4) is 0 Å². The Morgan fingerprint density at radius 2 is 2.08 bits per heavy atom. The SMILES string of the molecule is Cc1nc(C(C)C)c2ccccn12. The molecule has 0 fully saturated rings. The zero-order valence-electron chi connectivity index (χ0n) is 8.28. The van der Waals surface area contributed by atoms with E-state index in [1.807, 2.05) is 13.0 Å². The van der Waals surface area contributed by atoms with Gasteiger partial charge >= 0.3 is 0 Å². The summed E-state index contributed by atoms with van der Waals surface area (Å²) in [6.45, 7) is 6.39. The second-order valence-corrected chi connectivity index (χ2v) is 3.65. The van der Waals surface area contributed by atoms with Crippen molar-refractivity contribution in [2.75, 3.05) is 0 Å². The van der Waals surface area contributed by atoms with Crippen LogP contribution in [-0.2, 0) is 0 Å². The van der Waals surface area contributed by atoms with Crippen LogP contribution >= 0.6 is 0 Å². The molecular weight excluding hydrogens is 160 g/mol. The minimum Gasteiger partial charge on any atom is -0.304 e. The lowest BCUT2D eigenvalue weighted by Crippen LogP contribution is -1.88. The summed E-state index contributed by atoms with van der Waals surface area (Å²) in [5.74, 6) is 1.56. The van der Waals surface area contributed by atoms with Gasteiger partial charge in [-0.1, -0.05) is 19.9 Å². The number of hydrogen-bond donors (Lipinski definition) is 0. The van der Waals surface area contributed by atoms with Gasteiger partial charge in [-0.25, -0.2) is 4.98 Å². The zero-order valence-corrected chi connectivity index (χ0v) is 8.28. The smallest absolute Gasteiger partial charge is 0.110 e. The van der Waals surface area contributed by atoms with Crippen LogP contribution in [0.1, 0.15) is 31.3 Å². The van der Waals surface area contributed by atoms with Crippen LogP contribution < -0.4 is 0 Å². The molecule has 0 spiro atoms. The highest BCUT2D eigenvalue weighted by Crippen LogP contribution is 2.20. The molecule has 0 saturated carbocycles. The van der Waals surface area contributed by atoms with Crippen molar-refractivity contribution in [3.05, 3.63) is 35.9 Å². The Labute approximate surface area is 78.2 Å². The molecule has 2 heteroatoms. The summed E-state index contributed by atoms with van der Waals surface area (Å²) in [6, 6.07) is 6.21. The Bertz CT molecular complexity index is 427. The molecule has 0 aromatic carbocycles. The fraction of sp³-hybridized carbons (Fsp3) is 0.364. The van der Waals surface area contributed by atoms with Gasteiger partial charge < -0.3 is 4.40 Å². The first-order valence-corrected chi connectivity index (χ1v) is 4.63. The molecule has 2 nitrogen and oxygen atoms in total. The van der Waals surface area contributed by atoms with Gasteiger partial charge in [-0.3, -0.25) is 0 Å². The molecule has 0 aliphatic heterocycles. The first-order chi connectivity index (χ1) is 6.20. The molecule has 0 N–H and O–H groups in total. The predicted molar refractivity (Wildman–Crippen MR) is 54.0 cm³/mol. The first kappa shape index (κ1) is 8.30. The highest BCUT2D eigenvalue weighted by molar-refractivity contribution is 5.54. The van der Waals surface area contributed by atoms with Gasteiger partial charge in [-0.2, -0.15) is 0 Å². The third-order valence-electron chi connectivity index (χ3n) is 2.30. The topological polar surface area (TPSA) is 17.3 Å². The lowest BCUT2D eigenvalue weighted by atomic mass is 10.1. The Morgan fingerprint density at radius 3 is 2.77 bits per heavy atom. The predicted octanol–water partition coefficient (Wildman–Crippen LogP) is 2.77. The minimum absolute atomic E-state index is 0.492. The average Bonchev–Trinajstić information content (AvgIpc) is 2.45. The molecule has 13 heavy (non-hydrogen) atoms. The van der Waals surface area contributed by atoms with Gasteiger partial charge in [-0.05, 0) is 25.0 Å². The van der Waals surface area contributed by atoms with E-state index >= 15 is 0 Å². The number of aryl methyl sites for hydroxylation is 1. The van der Waals surface area contributed by atoms with E-state index in [1.54, 1.807) is 0 Å². The molecule has 0 atom stereocenters. The summed E-state index contributed by atoms with van der Waals surface area (Å²) in [7, 11) is 0. The lowest BCUT2D eigenvalue weighted by Gasteiger charge is -2.00. The number of pyridine rings is 1. The van der Waals surface area contributed by atoms with Gasteiger partial charge in [0.2, 0.25) is 0 Å². The monoisotopic (exact) mass is 174 g/mol. The van der Waals surface area contributed by atoms with Crippen molar-refractivity contribution in [1.82, 2.24) is 9.38 Å². The third kappa shape index (κ3) is 1.22. The van der Waals surface area contributed by atoms with Crippen molar-refractivity contribution in [3.63, 3.8) is 0 Å². The number of nitrogens with zero attached hydrogens (tertiary/aromatic N) is 2. The normalized spacial score (nSPS) is 11.4. The van der Waals surface area contributed by atoms with Crippen LogP contribution in [0.25, 0.3) is 5.52 Å². The van der Waals surface area contributed by atoms with E-state index in [1.165, 1.54) is 11.2 Å². The molecule has 0 radical (unpaired) electrons. The Kier molecular flexibility index (Phi) is 1.83. The van der Waals surface area contributed by atoms with Crippen LogP contribution in [0.3, 0.4) is 0 Å². The van der Waals surface area contributed by atoms with Crippen LogP contribution in [0.15, 0.2) is 24.4 Å². The largest absolute Gasteiger partial charge is 0.304 e. The van der Waals surface area contributed by atoms with E-state index in [9.17, 15) is 0 Å². The summed E-state index contributed by atoms with van der Waals surface area (Å²) >= 11 is 0. The molecular formula is C11H14N2. The molecule has 2 aromatic heterocycles. The third-order valence-corrected chi connectivity index (χ3v) is 2.30. The average molecular weight is 174 g/mol. The number of fused-ring (bicyclic) bond motifs is 1. The van der Waals surface area contributed by atoms with Crippen LogP contribution in [0.5, 0.6) is 0 Å². The van der Waals surface area contributed by atoms with E-state index in [0.29, 0.717) is 5.92 Å². The maximum Gasteiger partial charge on any atom is 0.110 e. The molecule has 0 unspecified atom stereocenters. The molecule has 2 aromatic rings. The highest BCUT2D eigenvalue weighted by Gasteiger charge is 2.09. The summed E-state index contributed by atoms with van der Waals surface area (Å²) in [5.41, 5.74) is 2.42. The maximum absolute atomic E-state index is 4.55. The van der Waals surface area contributed by atoms with E-state index in [0.717, 1.165) is 5.82 Å². The molecule has 2 heterocycles. The molecule has 2 rings (SSSR count). The van der Waals surface area contributed by atoms with Gasteiger partial charge in [0.25, 0.3) is 0 Å². The van der Waals surface area contributed by atoms with E-state index in [2.05, 4.69) is 41.6 Å². The molecule has 0 aliphatic rings. The van der Waals surface area contributed by atoms with Gasteiger partial charge in [0.1, 0.15) is 5.82 Å². The fourth-order valence-corrected chi connectivity index (χ4v) is 1.64. The lowest BCUT2D eigenvalue weighted by molar-refractivity contribution is 0.836. The first-order valence-electron chi connectivity index (χ1n) is 4.63. The van der Waals surface area contributed by atoms with E-state index < -0.39 is 0 Å². The molecule has 0 saturated heterocycles. The summed E-state index contributed by atoms with van der Waals surface area (Å²) in [6.07, 6.45) is 2.06. The second-order valence-electron chi connectivity index (χ2n) is 3.65. The van der Waals surface area contributed by atoms with Crippen molar-refractivity contribution in [2.24, 2.45) is 0 Å². The summed E-state index contributed by atoms with van der Waals surface area (Å²) in [5, 5.41) is 0. The second kappa shape index (κ2) is 2.87. The van der Waals surface area contributed by atoms with Gasteiger partial charge in [-0.15, -0.1) is 0 Å². The highest BCUT2D eigenvalue weighted by atomic mass is 15.0. The number of rotatable bonds is 1. The number of hydrogen-bond acceptors (Lipinski definition) is 1. The van der Waals surface area contributed by atoms with Gasteiger partial charge in [0.05, 0.1) is 11.2 Å². The molecule has 0 bridgehead atoms. The maximum atomic E-state index is 4.55. The van der Waals surface area contributed by atoms with Gasteiger partial charge in [0, 0.05) is 6.20 Å². The van der Waals surface area contributed by atoms with Crippen molar-refractivity contribution in [1.29, 1.82) is 0 Å². The Morgan fingerprint density at radius 1 is 1.31 bits per heavy atom. The standard InChI is InChI=1S/C11H14N2/c1-8(2)11-10-6-4-5-7-13(10)9(3)12-11/h4-8H,1-3H3. The van der Waals surface area contributed by atoms with Crippen LogP contribution in [0.4, 0.5) is 0 Å². The van der Waals surface area contributed by atoms with Crippen LogP contribution in [-0.4, -0.2) is 9.38 Å². The van der Waals surface area contributed by atoms with Crippen LogP contribution in [0, 0.1) is 6.92 Å². The zero-order chi connectivity index (χ0) is 9.42. The summed E-state index contributed by atoms with van der Waals surface area (Å²) in [4.78, 5) is 4.55. The molecule has 68 valence electrons. The fourth-order valence-electron chi connectivity index (χ4n) is 1.64.